The Bertz CT molecular complexity index is 645. The van der Waals surface area contributed by atoms with Crippen LogP contribution in [0.2, 0.25) is 0 Å². The summed E-state index contributed by atoms with van der Waals surface area (Å²) in [5.41, 5.74) is 9.99. The van der Waals surface area contributed by atoms with E-state index in [9.17, 15) is 4.79 Å². The van der Waals surface area contributed by atoms with Gasteiger partial charge in [-0.05, 0) is 48.9 Å². The van der Waals surface area contributed by atoms with Crippen LogP contribution in [-0.2, 0) is 4.79 Å². The molecule has 2 aromatic rings. The lowest BCUT2D eigenvalue weighted by atomic mass is 9.96. The summed E-state index contributed by atoms with van der Waals surface area (Å²) in [5.74, 6) is 0.242. The molecule has 2 aromatic carbocycles. The van der Waals surface area contributed by atoms with E-state index in [0.717, 1.165) is 11.3 Å². The van der Waals surface area contributed by atoms with Crippen LogP contribution in [-0.4, -0.2) is 5.91 Å². The lowest BCUT2D eigenvalue weighted by Crippen LogP contribution is -2.28. The minimum atomic E-state index is -0.482. The number of nitrogens with two attached hydrogens (primary N) is 1. The molecule has 3 nitrogen and oxygen atoms in total. The van der Waals surface area contributed by atoms with Gasteiger partial charge in [0.15, 0.2) is 0 Å². The van der Waals surface area contributed by atoms with Crippen LogP contribution in [0.4, 0.5) is 5.69 Å². The van der Waals surface area contributed by atoms with E-state index in [-0.39, 0.29) is 5.91 Å². The van der Waals surface area contributed by atoms with Gasteiger partial charge in [0.1, 0.15) is 6.04 Å². The van der Waals surface area contributed by atoms with Crippen molar-refractivity contribution in [3.63, 3.8) is 0 Å². The van der Waals surface area contributed by atoms with Crippen molar-refractivity contribution in [2.75, 3.05) is 5.32 Å². The first-order valence-electron chi connectivity index (χ1n) is 7.36. The second-order valence-corrected chi connectivity index (χ2v) is 5.75. The number of hydrogen-bond donors (Lipinski definition) is 2. The van der Waals surface area contributed by atoms with E-state index in [1.54, 1.807) is 0 Å². The quantitative estimate of drug-likeness (QED) is 0.880. The molecule has 3 N–H and O–H groups in total. The van der Waals surface area contributed by atoms with Crippen LogP contribution in [0.25, 0.3) is 0 Å². The maximum Gasteiger partial charge on any atom is 0.244 e. The minimum absolute atomic E-state index is 0.344. The molecule has 0 heterocycles. The van der Waals surface area contributed by atoms with Crippen molar-refractivity contribution in [2.24, 2.45) is 5.73 Å². The van der Waals surface area contributed by atoms with Gasteiger partial charge in [0.25, 0.3) is 0 Å². The molecule has 1 amide bonds. The second kappa shape index (κ2) is 5.60. The van der Waals surface area contributed by atoms with E-state index >= 15 is 0 Å². The van der Waals surface area contributed by atoms with E-state index in [2.05, 4.69) is 11.4 Å². The van der Waals surface area contributed by atoms with E-state index in [1.807, 2.05) is 49.4 Å². The molecule has 0 aromatic heterocycles. The predicted octanol–water partition coefficient (Wildman–Crippen LogP) is 3.51. The summed E-state index contributed by atoms with van der Waals surface area (Å²) in [5, 5.41) is 3.27. The number of anilines is 1. The zero-order valence-electron chi connectivity index (χ0n) is 12.2. The Hall–Kier alpha value is -2.29. The molecular weight excluding hydrogens is 260 g/mol. The van der Waals surface area contributed by atoms with Gasteiger partial charge in [0.05, 0.1) is 0 Å². The first-order chi connectivity index (χ1) is 10.1. The SMILES string of the molecule is Cc1ccc(NC(C(N)=O)c2ccccc2C2CC2)cc1. The van der Waals surface area contributed by atoms with Gasteiger partial charge < -0.3 is 11.1 Å². The Morgan fingerprint density at radius 3 is 2.43 bits per heavy atom. The van der Waals surface area contributed by atoms with Crippen LogP contribution < -0.4 is 11.1 Å². The van der Waals surface area contributed by atoms with E-state index in [1.165, 1.54) is 24.0 Å². The summed E-state index contributed by atoms with van der Waals surface area (Å²) < 4.78 is 0. The highest BCUT2D eigenvalue weighted by Crippen LogP contribution is 2.43. The highest BCUT2D eigenvalue weighted by Gasteiger charge is 2.29. The molecule has 1 atom stereocenters. The Labute approximate surface area is 125 Å². The first-order valence-corrected chi connectivity index (χ1v) is 7.36. The molecule has 1 aliphatic carbocycles. The van der Waals surface area contributed by atoms with Gasteiger partial charge in [0.2, 0.25) is 5.91 Å². The average molecular weight is 280 g/mol. The summed E-state index contributed by atoms with van der Waals surface area (Å²) in [6, 6.07) is 15.6. The first kappa shape index (κ1) is 13.7. The lowest BCUT2D eigenvalue weighted by molar-refractivity contribution is -0.118. The number of carbonyl (C=O) groups is 1. The third kappa shape index (κ3) is 3.07. The van der Waals surface area contributed by atoms with Crippen molar-refractivity contribution < 1.29 is 4.79 Å². The zero-order chi connectivity index (χ0) is 14.8. The molecule has 108 valence electrons. The van der Waals surface area contributed by atoms with Crippen molar-refractivity contribution in [1.82, 2.24) is 0 Å². The molecular formula is C18H20N2O. The van der Waals surface area contributed by atoms with Crippen LogP contribution in [0.1, 0.15) is 41.5 Å². The number of carbonyl (C=O) groups excluding carboxylic acids is 1. The maximum absolute atomic E-state index is 11.9. The highest BCUT2D eigenvalue weighted by atomic mass is 16.1. The molecule has 3 rings (SSSR count). The smallest absolute Gasteiger partial charge is 0.244 e. The Morgan fingerprint density at radius 1 is 1.14 bits per heavy atom. The molecule has 1 aliphatic rings. The molecule has 1 unspecified atom stereocenters. The standard InChI is InChI=1S/C18H20N2O/c1-12-6-10-14(11-7-12)20-17(18(19)21)16-5-3-2-4-15(16)13-8-9-13/h2-7,10-11,13,17,20H,8-9H2,1H3,(H2,19,21). The van der Waals surface area contributed by atoms with Crippen LogP contribution in [0.3, 0.4) is 0 Å². The average Bonchev–Trinajstić information content (AvgIpc) is 3.31. The highest BCUT2D eigenvalue weighted by molar-refractivity contribution is 5.85. The van der Waals surface area contributed by atoms with Gasteiger partial charge in [-0.3, -0.25) is 4.79 Å². The fraction of sp³-hybridized carbons (Fsp3) is 0.278. The van der Waals surface area contributed by atoms with Gasteiger partial charge in [-0.1, -0.05) is 42.0 Å². The predicted molar refractivity (Wildman–Crippen MR) is 85.2 cm³/mol. The molecule has 1 fully saturated rings. The van der Waals surface area contributed by atoms with Gasteiger partial charge in [-0.25, -0.2) is 0 Å². The molecule has 0 aliphatic heterocycles. The molecule has 3 heteroatoms. The monoisotopic (exact) mass is 280 g/mol. The fourth-order valence-corrected chi connectivity index (χ4v) is 2.66. The Kier molecular flexibility index (Phi) is 3.65. The maximum atomic E-state index is 11.9. The third-order valence-corrected chi connectivity index (χ3v) is 3.97. The minimum Gasteiger partial charge on any atom is -0.370 e. The van der Waals surface area contributed by atoms with Crippen molar-refractivity contribution >= 4 is 11.6 Å². The number of rotatable bonds is 5. The zero-order valence-corrected chi connectivity index (χ0v) is 12.2. The molecule has 21 heavy (non-hydrogen) atoms. The number of aryl methyl sites for hydroxylation is 1. The van der Waals surface area contributed by atoms with Crippen LogP contribution in [0.5, 0.6) is 0 Å². The Balaban J connectivity index is 1.91. The van der Waals surface area contributed by atoms with E-state index in [0.29, 0.717) is 5.92 Å². The topological polar surface area (TPSA) is 55.1 Å². The molecule has 0 bridgehead atoms. The number of hydrogen-bond acceptors (Lipinski definition) is 2. The Morgan fingerprint density at radius 2 is 1.81 bits per heavy atom. The summed E-state index contributed by atoms with van der Waals surface area (Å²) in [4.78, 5) is 11.9. The molecule has 0 radical (unpaired) electrons. The molecule has 1 saturated carbocycles. The van der Waals surface area contributed by atoms with Gasteiger partial charge in [-0.2, -0.15) is 0 Å². The third-order valence-electron chi connectivity index (χ3n) is 3.97. The van der Waals surface area contributed by atoms with E-state index < -0.39 is 6.04 Å². The summed E-state index contributed by atoms with van der Waals surface area (Å²) in [6.07, 6.45) is 2.40. The second-order valence-electron chi connectivity index (χ2n) is 5.75. The van der Waals surface area contributed by atoms with Gasteiger partial charge in [0, 0.05) is 5.69 Å². The summed E-state index contributed by atoms with van der Waals surface area (Å²) in [7, 11) is 0. The van der Waals surface area contributed by atoms with Crippen molar-refractivity contribution in [2.45, 2.75) is 31.7 Å². The van der Waals surface area contributed by atoms with Crippen molar-refractivity contribution in [3.8, 4) is 0 Å². The normalized spacial score (nSPS) is 15.5. The summed E-state index contributed by atoms with van der Waals surface area (Å²) >= 11 is 0. The number of nitrogens with one attached hydrogen (secondary N) is 1. The van der Waals surface area contributed by atoms with Gasteiger partial charge >= 0.3 is 0 Å². The summed E-state index contributed by atoms with van der Waals surface area (Å²) in [6.45, 7) is 2.04. The van der Waals surface area contributed by atoms with Crippen LogP contribution in [0.15, 0.2) is 48.5 Å². The number of benzene rings is 2. The number of primary amides is 1. The lowest BCUT2D eigenvalue weighted by Gasteiger charge is -2.20. The largest absolute Gasteiger partial charge is 0.370 e. The van der Waals surface area contributed by atoms with Crippen LogP contribution in [0, 0.1) is 6.92 Å². The molecule has 0 saturated heterocycles. The fourth-order valence-electron chi connectivity index (χ4n) is 2.66. The number of amides is 1. The van der Waals surface area contributed by atoms with Crippen LogP contribution >= 0.6 is 0 Å². The molecule has 0 spiro atoms. The van der Waals surface area contributed by atoms with Gasteiger partial charge in [-0.15, -0.1) is 0 Å². The van der Waals surface area contributed by atoms with E-state index in [4.69, 9.17) is 5.73 Å². The van der Waals surface area contributed by atoms with Crippen molar-refractivity contribution in [3.05, 3.63) is 65.2 Å². The van der Waals surface area contributed by atoms with Crippen molar-refractivity contribution in [1.29, 1.82) is 0 Å².